The molecule has 3 rings (SSSR count). The SMILES string of the molecule is CCN1CCN(c2cc(NC(=O)c3ccccc3Cl)c(Cl)cc2N)CC1. The van der Waals surface area contributed by atoms with Crippen LogP contribution in [0, 0.1) is 0 Å². The van der Waals surface area contributed by atoms with Gasteiger partial charge in [0.15, 0.2) is 0 Å². The largest absolute Gasteiger partial charge is 0.397 e. The number of nitrogens with zero attached hydrogens (tertiary/aromatic N) is 2. The first-order chi connectivity index (χ1) is 12.5. The summed E-state index contributed by atoms with van der Waals surface area (Å²) in [6, 6.07) is 10.4. The number of carbonyl (C=O) groups excluding carboxylic acids is 1. The molecule has 0 saturated carbocycles. The van der Waals surface area contributed by atoms with E-state index in [0.717, 1.165) is 38.4 Å². The van der Waals surface area contributed by atoms with Gasteiger partial charge in [0.2, 0.25) is 0 Å². The van der Waals surface area contributed by atoms with E-state index in [4.69, 9.17) is 28.9 Å². The Kier molecular flexibility index (Phi) is 5.91. The Bertz CT molecular complexity index is 804. The molecule has 0 spiro atoms. The Balaban J connectivity index is 1.82. The van der Waals surface area contributed by atoms with Crippen molar-refractivity contribution in [2.45, 2.75) is 6.92 Å². The van der Waals surface area contributed by atoms with Gasteiger partial charge < -0.3 is 20.9 Å². The van der Waals surface area contributed by atoms with E-state index in [1.165, 1.54) is 0 Å². The van der Waals surface area contributed by atoms with Crippen molar-refractivity contribution in [3.05, 3.63) is 52.0 Å². The Hall–Kier alpha value is -1.95. The van der Waals surface area contributed by atoms with Gasteiger partial charge in [-0.2, -0.15) is 0 Å². The van der Waals surface area contributed by atoms with Crippen molar-refractivity contribution < 1.29 is 4.79 Å². The fourth-order valence-electron chi connectivity index (χ4n) is 3.09. The van der Waals surface area contributed by atoms with E-state index in [9.17, 15) is 4.79 Å². The van der Waals surface area contributed by atoms with Crippen LogP contribution in [0.25, 0.3) is 0 Å². The molecule has 1 saturated heterocycles. The minimum Gasteiger partial charge on any atom is -0.397 e. The molecule has 2 aromatic rings. The Labute approximate surface area is 163 Å². The predicted molar refractivity (Wildman–Crippen MR) is 110 cm³/mol. The lowest BCUT2D eigenvalue weighted by Crippen LogP contribution is -2.46. The van der Waals surface area contributed by atoms with Crippen molar-refractivity contribution in [1.82, 2.24) is 4.90 Å². The zero-order valence-electron chi connectivity index (χ0n) is 14.6. The number of hydrogen-bond donors (Lipinski definition) is 2. The van der Waals surface area contributed by atoms with Crippen LogP contribution in [0.5, 0.6) is 0 Å². The average Bonchev–Trinajstić information content (AvgIpc) is 2.64. The van der Waals surface area contributed by atoms with Gasteiger partial charge in [-0.15, -0.1) is 0 Å². The second-order valence-electron chi connectivity index (χ2n) is 6.25. The molecule has 138 valence electrons. The molecule has 5 nitrogen and oxygen atoms in total. The number of nitrogen functional groups attached to an aromatic ring is 1. The summed E-state index contributed by atoms with van der Waals surface area (Å²) in [4.78, 5) is 17.2. The molecule has 2 aromatic carbocycles. The molecule has 7 heteroatoms. The number of nitrogens with two attached hydrogens (primary N) is 1. The van der Waals surface area contributed by atoms with Crippen molar-refractivity contribution in [3.63, 3.8) is 0 Å². The lowest BCUT2D eigenvalue weighted by atomic mass is 10.1. The molecule has 1 amide bonds. The third-order valence-electron chi connectivity index (χ3n) is 4.64. The molecule has 0 aliphatic carbocycles. The van der Waals surface area contributed by atoms with Crippen LogP contribution in [0.4, 0.5) is 17.1 Å². The van der Waals surface area contributed by atoms with Crippen LogP contribution in [0.2, 0.25) is 10.0 Å². The summed E-state index contributed by atoms with van der Waals surface area (Å²) in [6.07, 6.45) is 0. The van der Waals surface area contributed by atoms with Crippen LogP contribution in [-0.4, -0.2) is 43.5 Å². The number of hydrogen-bond acceptors (Lipinski definition) is 4. The molecule has 0 unspecified atom stereocenters. The van der Waals surface area contributed by atoms with Gasteiger partial charge in [-0.25, -0.2) is 0 Å². The van der Waals surface area contributed by atoms with Crippen LogP contribution >= 0.6 is 23.2 Å². The molecular weight excluding hydrogens is 371 g/mol. The molecule has 0 atom stereocenters. The van der Waals surface area contributed by atoms with Gasteiger partial charge in [-0.3, -0.25) is 4.79 Å². The molecule has 1 heterocycles. The fraction of sp³-hybridized carbons (Fsp3) is 0.316. The number of amides is 1. The molecule has 0 aromatic heterocycles. The van der Waals surface area contributed by atoms with E-state index < -0.39 is 0 Å². The van der Waals surface area contributed by atoms with Crippen LogP contribution in [-0.2, 0) is 0 Å². The van der Waals surface area contributed by atoms with E-state index >= 15 is 0 Å². The normalized spacial score (nSPS) is 15.1. The lowest BCUT2D eigenvalue weighted by molar-refractivity contribution is 0.102. The third kappa shape index (κ3) is 4.06. The number of halogens is 2. The molecule has 0 bridgehead atoms. The number of piperazine rings is 1. The molecule has 26 heavy (non-hydrogen) atoms. The summed E-state index contributed by atoms with van der Waals surface area (Å²) in [7, 11) is 0. The zero-order valence-corrected chi connectivity index (χ0v) is 16.1. The van der Waals surface area contributed by atoms with E-state index in [0.29, 0.717) is 27.0 Å². The van der Waals surface area contributed by atoms with E-state index in [2.05, 4.69) is 22.0 Å². The Morgan fingerprint density at radius 1 is 1.12 bits per heavy atom. The van der Waals surface area contributed by atoms with Crippen molar-refractivity contribution in [2.24, 2.45) is 0 Å². The molecule has 3 N–H and O–H groups in total. The standard InChI is InChI=1S/C19H22Cl2N4O/c1-2-24-7-9-25(10-8-24)18-12-17(15(21)11-16(18)22)23-19(26)13-5-3-4-6-14(13)20/h3-6,11-12H,2,7-10,22H2,1H3,(H,23,26). The summed E-state index contributed by atoms with van der Waals surface area (Å²) in [5, 5.41) is 3.64. The highest BCUT2D eigenvalue weighted by Crippen LogP contribution is 2.34. The van der Waals surface area contributed by atoms with E-state index in [1.807, 2.05) is 6.07 Å². The van der Waals surface area contributed by atoms with Crippen LogP contribution in [0.15, 0.2) is 36.4 Å². The van der Waals surface area contributed by atoms with Crippen molar-refractivity contribution in [2.75, 3.05) is 48.7 Å². The zero-order chi connectivity index (χ0) is 18.7. The highest BCUT2D eigenvalue weighted by Gasteiger charge is 2.20. The number of rotatable bonds is 4. The van der Waals surface area contributed by atoms with Gasteiger partial charge in [-0.1, -0.05) is 42.3 Å². The minimum atomic E-state index is -0.302. The number of likely N-dealkylation sites (N-methyl/N-ethyl adjacent to an activating group) is 1. The van der Waals surface area contributed by atoms with E-state index in [-0.39, 0.29) is 5.91 Å². The maximum absolute atomic E-state index is 12.5. The van der Waals surface area contributed by atoms with Gasteiger partial charge in [0.1, 0.15) is 0 Å². The first kappa shape index (κ1) is 18.8. The Morgan fingerprint density at radius 2 is 1.81 bits per heavy atom. The van der Waals surface area contributed by atoms with Crippen molar-refractivity contribution in [3.8, 4) is 0 Å². The van der Waals surface area contributed by atoms with Crippen molar-refractivity contribution in [1.29, 1.82) is 0 Å². The average molecular weight is 393 g/mol. The minimum absolute atomic E-state index is 0.302. The maximum atomic E-state index is 12.5. The summed E-state index contributed by atoms with van der Waals surface area (Å²) in [6.45, 7) is 6.95. The van der Waals surface area contributed by atoms with Gasteiger partial charge in [0.25, 0.3) is 5.91 Å². The first-order valence-corrected chi connectivity index (χ1v) is 9.37. The predicted octanol–water partition coefficient (Wildman–Crippen LogP) is 3.97. The lowest BCUT2D eigenvalue weighted by Gasteiger charge is -2.36. The molecule has 1 aliphatic rings. The molecule has 1 fully saturated rings. The quantitative estimate of drug-likeness (QED) is 0.772. The smallest absolute Gasteiger partial charge is 0.257 e. The Morgan fingerprint density at radius 3 is 2.46 bits per heavy atom. The van der Waals surface area contributed by atoms with Crippen molar-refractivity contribution >= 4 is 46.2 Å². The summed E-state index contributed by atoms with van der Waals surface area (Å²) < 4.78 is 0. The second-order valence-corrected chi connectivity index (χ2v) is 7.06. The summed E-state index contributed by atoms with van der Waals surface area (Å²) in [5.74, 6) is -0.302. The van der Waals surface area contributed by atoms with Gasteiger partial charge >= 0.3 is 0 Å². The number of anilines is 3. The fourth-order valence-corrected chi connectivity index (χ4v) is 3.53. The van der Waals surface area contributed by atoms with Gasteiger partial charge in [0, 0.05) is 26.2 Å². The maximum Gasteiger partial charge on any atom is 0.257 e. The van der Waals surface area contributed by atoms with Gasteiger partial charge in [0.05, 0.1) is 32.7 Å². The highest BCUT2D eigenvalue weighted by atomic mass is 35.5. The second kappa shape index (κ2) is 8.16. The van der Waals surface area contributed by atoms with Crippen LogP contribution in [0.3, 0.4) is 0 Å². The topological polar surface area (TPSA) is 61.6 Å². The number of nitrogens with one attached hydrogen (secondary N) is 1. The molecule has 1 aliphatic heterocycles. The third-order valence-corrected chi connectivity index (χ3v) is 5.29. The highest BCUT2D eigenvalue weighted by molar-refractivity contribution is 6.36. The monoisotopic (exact) mass is 392 g/mol. The summed E-state index contributed by atoms with van der Waals surface area (Å²) in [5.41, 5.74) is 8.61. The van der Waals surface area contributed by atoms with Crippen LogP contribution < -0.4 is 16.0 Å². The van der Waals surface area contributed by atoms with Gasteiger partial charge in [-0.05, 0) is 30.8 Å². The van der Waals surface area contributed by atoms with E-state index in [1.54, 1.807) is 30.3 Å². The number of benzene rings is 2. The summed E-state index contributed by atoms with van der Waals surface area (Å²) >= 11 is 12.4. The number of carbonyl (C=O) groups is 1. The first-order valence-electron chi connectivity index (χ1n) is 8.61. The molecule has 0 radical (unpaired) electrons. The van der Waals surface area contributed by atoms with Crippen LogP contribution in [0.1, 0.15) is 17.3 Å². The molecular formula is C19H22Cl2N4O.